The Morgan fingerprint density at radius 2 is 2.13 bits per heavy atom. The summed E-state index contributed by atoms with van der Waals surface area (Å²) in [5.41, 5.74) is 0.951. The molecule has 0 atom stereocenters. The van der Waals surface area contributed by atoms with Crippen LogP contribution in [0.2, 0.25) is 5.02 Å². The smallest absolute Gasteiger partial charge is 0.336 e. The van der Waals surface area contributed by atoms with Gasteiger partial charge in [-0.25, -0.2) is 4.79 Å². The molecule has 0 aliphatic heterocycles. The molecule has 0 saturated heterocycles. The average molecular weight is 239 g/mol. The number of carboxylic acids is 1. The van der Waals surface area contributed by atoms with Crippen molar-refractivity contribution in [1.82, 2.24) is 0 Å². The van der Waals surface area contributed by atoms with Crippen LogP contribution in [0.1, 0.15) is 10.4 Å². The van der Waals surface area contributed by atoms with Gasteiger partial charge in [0.05, 0.1) is 5.56 Å². The normalized spacial score (nSPS) is 10.2. The number of carbonyl (C=O) groups is 1. The van der Waals surface area contributed by atoms with Crippen molar-refractivity contribution in [1.29, 1.82) is 0 Å². The predicted octanol–water partition coefficient (Wildman–Crippen LogP) is 3.77. The lowest BCUT2D eigenvalue weighted by Gasteiger charge is -2.03. The number of carboxylic acid groups (broad SMARTS) is 1. The van der Waals surface area contributed by atoms with Crippen molar-refractivity contribution in [3.63, 3.8) is 0 Å². The molecule has 0 amide bonds. The molecule has 1 aromatic carbocycles. The lowest BCUT2D eigenvalue weighted by Crippen LogP contribution is -1.98. The topological polar surface area (TPSA) is 37.3 Å². The van der Waals surface area contributed by atoms with Gasteiger partial charge in [-0.1, -0.05) is 23.7 Å². The molecule has 0 spiro atoms. The van der Waals surface area contributed by atoms with Crippen molar-refractivity contribution in [2.24, 2.45) is 0 Å². The van der Waals surface area contributed by atoms with Crippen LogP contribution in [0.3, 0.4) is 0 Å². The highest BCUT2D eigenvalue weighted by Crippen LogP contribution is 2.29. The van der Waals surface area contributed by atoms with Gasteiger partial charge in [0.15, 0.2) is 0 Å². The summed E-state index contributed by atoms with van der Waals surface area (Å²) in [6, 6.07) is 8.68. The van der Waals surface area contributed by atoms with Gasteiger partial charge < -0.3 is 5.11 Å². The van der Waals surface area contributed by atoms with E-state index >= 15 is 0 Å². The Balaban J connectivity index is 2.61. The van der Waals surface area contributed by atoms with E-state index in [2.05, 4.69) is 0 Å². The summed E-state index contributed by atoms with van der Waals surface area (Å²) in [6.45, 7) is 0. The third-order valence-electron chi connectivity index (χ3n) is 2.00. The first kappa shape index (κ1) is 10.2. The van der Waals surface area contributed by atoms with E-state index in [0.29, 0.717) is 10.6 Å². The van der Waals surface area contributed by atoms with E-state index in [1.54, 1.807) is 12.1 Å². The van der Waals surface area contributed by atoms with Gasteiger partial charge in [-0.3, -0.25) is 0 Å². The molecule has 76 valence electrons. The number of thiophene rings is 1. The zero-order valence-corrected chi connectivity index (χ0v) is 9.18. The van der Waals surface area contributed by atoms with Gasteiger partial charge in [-0.2, -0.15) is 0 Å². The van der Waals surface area contributed by atoms with E-state index in [4.69, 9.17) is 16.7 Å². The highest BCUT2D eigenvalue weighted by molar-refractivity contribution is 7.13. The molecule has 1 N–H and O–H groups in total. The van der Waals surface area contributed by atoms with Crippen LogP contribution in [0.5, 0.6) is 0 Å². The molecule has 2 rings (SSSR count). The van der Waals surface area contributed by atoms with Crippen LogP contribution in [0, 0.1) is 0 Å². The monoisotopic (exact) mass is 238 g/mol. The molecule has 0 fully saturated rings. The van der Waals surface area contributed by atoms with Gasteiger partial charge in [0, 0.05) is 15.5 Å². The summed E-state index contributed by atoms with van der Waals surface area (Å²) in [4.78, 5) is 11.9. The molecule has 4 heteroatoms. The molecule has 15 heavy (non-hydrogen) atoms. The quantitative estimate of drug-likeness (QED) is 0.865. The molecule has 2 nitrogen and oxygen atoms in total. The molecule has 1 heterocycles. The minimum Gasteiger partial charge on any atom is -0.478 e. The van der Waals surface area contributed by atoms with Gasteiger partial charge in [0.25, 0.3) is 0 Å². The second kappa shape index (κ2) is 4.04. The maximum atomic E-state index is 11.0. The summed E-state index contributed by atoms with van der Waals surface area (Å²) in [5, 5.41) is 11.4. The summed E-state index contributed by atoms with van der Waals surface area (Å²) in [7, 11) is 0. The molecule has 0 aliphatic carbocycles. The van der Waals surface area contributed by atoms with Crippen molar-refractivity contribution < 1.29 is 9.90 Å². The van der Waals surface area contributed by atoms with Gasteiger partial charge in [0.1, 0.15) is 0 Å². The van der Waals surface area contributed by atoms with Gasteiger partial charge in [-0.05, 0) is 23.6 Å². The molecule has 1 aromatic heterocycles. The molecule has 0 bridgehead atoms. The Bertz CT molecular complexity index is 491. The highest BCUT2D eigenvalue weighted by Gasteiger charge is 2.12. The minimum atomic E-state index is -0.957. The lowest BCUT2D eigenvalue weighted by atomic mass is 10.1. The molecule has 0 unspecified atom stereocenters. The SMILES string of the molecule is O=C(O)c1cc(Cl)ccc1-c1cccs1. The second-order valence-corrected chi connectivity index (χ2v) is 4.36. The number of hydrogen-bond acceptors (Lipinski definition) is 2. The van der Waals surface area contributed by atoms with Crippen molar-refractivity contribution >= 4 is 28.9 Å². The largest absolute Gasteiger partial charge is 0.478 e. The number of halogens is 1. The van der Waals surface area contributed by atoms with E-state index < -0.39 is 5.97 Å². The predicted molar refractivity (Wildman–Crippen MR) is 61.7 cm³/mol. The third kappa shape index (κ3) is 2.03. The summed E-state index contributed by atoms with van der Waals surface area (Å²) >= 11 is 7.27. The highest BCUT2D eigenvalue weighted by atomic mass is 35.5. The zero-order chi connectivity index (χ0) is 10.8. The molecule has 0 saturated carbocycles. The van der Waals surface area contributed by atoms with Crippen molar-refractivity contribution in [2.75, 3.05) is 0 Å². The Hall–Kier alpha value is -1.32. The van der Waals surface area contributed by atoms with Gasteiger partial charge >= 0.3 is 5.97 Å². The number of rotatable bonds is 2. The van der Waals surface area contributed by atoms with E-state index in [1.165, 1.54) is 17.4 Å². The minimum absolute atomic E-state index is 0.241. The maximum Gasteiger partial charge on any atom is 0.336 e. The Kier molecular flexibility index (Phi) is 2.75. The first-order valence-corrected chi connectivity index (χ1v) is 5.51. The van der Waals surface area contributed by atoms with Crippen LogP contribution in [0.25, 0.3) is 10.4 Å². The number of aromatic carboxylic acids is 1. The van der Waals surface area contributed by atoms with E-state index in [1.807, 2.05) is 17.5 Å². The van der Waals surface area contributed by atoms with E-state index in [9.17, 15) is 4.79 Å². The van der Waals surface area contributed by atoms with Crippen LogP contribution < -0.4 is 0 Å². The van der Waals surface area contributed by atoms with Crippen LogP contribution in [0.4, 0.5) is 0 Å². The zero-order valence-electron chi connectivity index (χ0n) is 7.61. The summed E-state index contributed by atoms with van der Waals surface area (Å²) in [6.07, 6.45) is 0. The molecular formula is C11H7ClO2S. The Labute approximate surface area is 95.8 Å². The summed E-state index contributed by atoms with van der Waals surface area (Å²) < 4.78 is 0. The fourth-order valence-electron chi connectivity index (χ4n) is 1.34. The van der Waals surface area contributed by atoms with Gasteiger partial charge in [-0.15, -0.1) is 11.3 Å². The van der Waals surface area contributed by atoms with Crippen molar-refractivity contribution in [2.45, 2.75) is 0 Å². The van der Waals surface area contributed by atoms with Crippen LogP contribution in [-0.2, 0) is 0 Å². The number of hydrogen-bond donors (Lipinski definition) is 1. The first-order chi connectivity index (χ1) is 7.18. The van der Waals surface area contributed by atoms with Crippen LogP contribution in [-0.4, -0.2) is 11.1 Å². The summed E-state index contributed by atoms with van der Waals surface area (Å²) in [5.74, 6) is -0.957. The second-order valence-electron chi connectivity index (χ2n) is 2.97. The van der Waals surface area contributed by atoms with E-state index in [-0.39, 0.29) is 5.56 Å². The standard InChI is InChI=1S/C11H7ClO2S/c12-7-3-4-8(9(6-7)11(13)14)10-2-1-5-15-10/h1-6H,(H,13,14). The Morgan fingerprint density at radius 1 is 1.33 bits per heavy atom. The lowest BCUT2D eigenvalue weighted by molar-refractivity contribution is 0.0698. The molecule has 0 aliphatic rings. The average Bonchev–Trinajstić information content (AvgIpc) is 2.70. The fourth-order valence-corrected chi connectivity index (χ4v) is 2.28. The Morgan fingerprint density at radius 3 is 2.73 bits per heavy atom. The van der Waals surface area contributed by atoms with Crippen LogP contribution >= 0.6 is 22.9 Å². The van der Waals surface area contributed by atoms with Crippen LogP contribution in [0.15, 0.2) is 35.7 Å². The van der Waals surface area contributed by atoms with Gasteiger partial charge in [0.2, 0.25) is 0 Å². The third-order valence-corrected chi connectivity index (χ3v) is 3.14. The van der Waals surface area contributed by atoms with Crippen molar-refractivity contribution in [3.05, 3.63) is 46.3 Å². The fraction of sp³-hybridized carbons (Fsp3) is 0. The first-order valence-electron chi connectivity index (χ1n) is 4.25. The maximum absolute atomic E-state index is 11.0. The molecule has 0 radical (unpaired) electrons. The molecular weight excluding hydrogens is 232 g/mol. The van der Waals surface area contributed by atoms with Crippen molar-refractivity contribution in [3.8, 4) is 10.4 Å². The molecule has 2 aromatic rings. The van der Waals surface area contributed by atoms with E-state index in [0.717, 1.165) is 4.88 Å². The number of benzene rings is 1.